The van der Waals surface area contributed by atoms with Crippen molar-refractivity contribution in [1.29, 1.82) is 0 Å². The molecule has 166 valence electrons. The lowest BCUT2D eigenvalue weighted by Gasteiger charge is -2.18. The van der Waals surface area contributed by atoms with E-state index in [0.29, 0.717) is 16.8 Å². The Bertz CT molecular complexity index is 1130. The normalized spacial score (nSPS) is 13.5. The third-order valence-corrected chi connectivity index (χ3v) is 6.19. The number of rotatable bonds is 7. The maximum atomic E-state index is 12.5. The fraction of sp³-hybridized carbons (Fsp3) is 0.333. The summed E-state index contributed by atoms with van der Waals surface area (Å²) in [7, 11) is -2.52. The van der Waals surface area contributed by atoms with Gasteiger partial charge in [-0.3, -0.25) is 9.59 Å². The molecule has 1 aliphatic rings. The number of esters is 1. The molecule has 1 fully saturated rings. The summed E-state index contributed by atoms with van der Waals surface area (Å²) in [5.74, 6) is -1.08. The summed E-state index contributed by atoms with van der Waals surface area (Å²) in [6, 6.07) is 5.81. The molecule has 0 heterocycles. The van der Waals surface area contributed by atoms with Crippen molar-refractivity contribution in [2.24, 2.45) is 0 Å². The van der Waals surface area contributed by atoms with Crippen LogP contribution >= 0.6 is 11.6 Å². The SMILES string of the molecule is COC(=O)CC(=O)Nc1cc(C)c(Oc2ccc(O)c(C3CC3)c2S(C)(=O)=O)c(Cl)c1. The molecule has 0 aliphatic heterocycles. The number of methoxy groups -OCH3 is 1. The van der Waals surface area contributed by atoms with Gasteiger partial charge < -0.3 is 19.9 Å². The molecule has 8 nitrogen and oxygen atoms in total. The van der Waals surface area contributed by atoms with Crippen molar-refractivity contribution < 1.29 is 32.6 Å². The van der Waals surface area contributed by atoms with E-state index >= 15 is 0 Å². The van der Waals surface area contributed by atoms with Crippen molar-refractivity contribution in [2.45, 2.75) is 37.0 Å². The van der Waals surface area contributed by atoms with E-state index in [2.05, 4.69) is 10.1 Å². The summed E-state index contributed by atoms with van der Waals surface area (Å²) in [6.07, 6.45) is 2.20. The number of phenols is 1. The molecule has 0 unspecified atom stereocenters. The molecular weight excluding hydrogens is 446 g/mol. The number of hydrogen-bond donors (Lipinski definition) is 2. The molecule has 0 bridgehead atoms. The minimum Gasteiger partial charge on any atom is -0.508 e. The number of ether oxygens (including phenoxy) is 2. The number of amides is 1. The van der Waals surface area contributed by atoms with Gasteiger partial charge in [-0.2, -0.15) is 0 Å². The number of aromatic hydroxyl groups is 1. The van der Waals surface area contributed by atoms with Crippen LogP contribution in [0.25, 0.3) is 0 Å². The van der Waals surface area contributed by atoms with Crippen LogP contribution in [0.4, 0.5) is 5.69 Å². The quantitative estimate of drug-likeness (QED) is 0.467. The van der Waals surface area contributed by atoms with Crippen LogP contribution < -0.4 is 10.1 Å². The zero-order valence-corrected chi connectivity index (χ0v) is 18.8. The Morgan fingerprint density at radius 2 is 1.94 bits per heavy atom. The average molecular weight is 468 g/mol. The predicted molar refractivity (Wildman–Crippen MR) is 115 cm³/mol. The first-order chi connectivity index (χ1) is 14.5. The van der Waals surface area contributed by atoms with E-state index in [0.717, 1.165) is 19.1 Å². The van der Waals surface area contributed by atoms with Crippen molar-refractivity contribution >= 4 is 39.0 Å². The zero-order chi connectivity index (χ0) is 22.9. The topological polar surface area (TPSA) is 119 Å². The van der Waals surface area contributed by atoms with E-state index in [1.807, 2.05) is 0 Å². The van der Waals surface area contributed by atoms with Crippen LogP contribution in [-0.4, -0.2) is 38.8 Å². The second-order valence-electron chi connectivity index (χ2n) is 7.38. The first kappa shape index (κ1) is 22.9. The number of carbonyl (C=O) groups excluding carboxylic acids is 2. The Morgan fingerprint density at radius 1 is 1.26 bits per heavy atom. The molecule has 2 aromatic carbocycles. The highest BCUT2D eigenvalue weighted by molar-refractivity contribution is 7.90. The highest BCUT2D eigenvalue weighted by atomic mass is 35.5. The van der Waals surface area contributed by atoms with E-state index in [-0.39, 0.29) is 33.1 Å². The number of sulfone groups is 1. The van der Waals surface area contributed by atoms with E-state index in [4.69, 9.17) is 16.3 Å². The number of benzene rings is 2. The molecule has 0 aromatic heterocycles. The molecule has 0 atom stereocenters. The van der Waals surface area contributed by atoms with Crippen LogP contribution in [0.3, 0.4) is 0 Å². The first-order valence-corrected chi connectivity index (χ1v) is 11.7. The first-order valence-electron chi connectivity index (χ1n) is 9.41. The van der Waals surface area contributed by atoms with Gasteiger partial charge in [0.15, 0.2) is 9.84 Å². The van der Waals surface area contributed by atoms with E-state index in [1.54, 1.807) is 13.0 Å². The molecule has 0 radical (unpaired) electrons. The second-order valence-corrected chi connectivity index (χ2v) is 9.74. The van der Waals surface area contributed by atoms with Gasteiger partial charge in [-0.1, -0.05) is 11.6 Å². The number of phenolic OH excluding ortho intramolecular Hbond substituents is 1. The van der Waals surface area contributed by atoms with Crippen molar-refractivity contribution in [3.63, 3.8) is 0 Å². The van der Waals surface area contributed by atoms with Gasteiger partial charge in [0, 0.05) is 17.5 Å². The summed E-state index contributed by atoms with van der Waals surface area (Å²) in [4.78, 5) is 23.1. The fourth-order valence-corrected chi connectivity index (χ4v) is 4.70. The molecular formula is C21H22ClNO7S. The molecule has 1 saturated carbocycles. The third kappa shape index (κ3) is 5.29. The highest BCUT2D eigenvalue weighted by Crippen LogP contribution is 2.50. The fourth-order valence-electron chi connectivity index (χ4n) is 3.25. The molecule has 0 spiro atoms. The van der Waals surface area contributed by atoms with Gasteiger partial charge in [0.05, 0.1) is 12.1 Å². The molecule has 2 N–H and O–H groups in total. The van der Waals surface area contributed by atoms with Crippen molar-refractivity contribution in [1.82, 2.24) is 0 Å². The van der Waals surface area contributed by atoms with Crippen LogP contribution in [-0.2, 0) is 24.2 Å². The van der Waals surface area contributed by atoms with Crippen LogP contribution in [0.1, 0.15) is 36.3 Å². The van der Waals surface area contributed by atoms with Crippen LogP contribution in [0.2, 0.25) is 5.02 Å². The Morgan fingerprint density at radius 3 is 2.48 bits per heavy atom. The van der Waals surface area contributed by atoms with Crippen molar-refractivity contribution in [3.05, 3.63) is 40.4 Å². The summed E-state index contributed by atoms with van der Waals surface area (Å²) >= 11 is 6.35. The summed E-state index contributed by atoms with van der Waals surface area (Å²) in [6.45, 7) is 1.68. The molecule has 10 heteroatoms. The number of aryl methyl sites for hydroxylation is 1. The van der Waals surface area contributed by atoms with Gasteiger partial charge in [0.1, 0.15) is 28.6 Å². The molecule has 31 heavy (non-hydrogen) atoms. The van der Waals surface area contributed by atoms with Gasteiger partial charge >= 0.3 is 5.97 Å². The van der Waals surface area contributed by atoms with Gasteiger partial charge in [0.2, 0.25) is 5.91 Å². The van der Waals surface area contributed by atoms with E-state index in [9.17, 15) is 23.1 Å². The number of anilines is 1. The van der Waals surface area contributed by atoms with Crippen molar-refractivity contribution in [3.8, 4) is 17.2 Å². The monoisotopic (exact) mass is 467 g/mol. The van der Waals surface area contributed by atoms with E-state index in [1.165, 1.54) is 25.3 Å². The maximum absolute atomic E-state index is 12.5. The lowest BCUT2D eigenvalue weighted by Crippen LogP contribution is -2.17. The molecule has 3 rings (SSSR count). The van der Waals surface area contributed by atoms with Crippen LogP contribution in [0.15, 0.2) is 29.2 Å². The lowest BCUT2D eigenvalue weighted by molar-refractivity contribution is -0.142. The molecule has 0 saturated heterocycles. The Kier molecular flexibility index (Phi) is 6.47. The average Bonchev–Trinajstić information content (AvgIpc) is 3.49. The zero-order valence-electron chi connectivity index (χ0n) is 17.2. The number of halogens is 1. The minimum absolute atomic E-state index is 0.0303. The minimum atomic E-state index is -3.70. The van der Waals surface area contributed by atoms with Gasteiger partial charge in [0.25, 0.3) is 0 Å². The number of nitrogens with one attached hydrogen (secondary N) is 1. The summed E-state index contributed by atoms with van der Waals surface area (Å²) in [5, 5.41) is 12.9. The molecule has 1 amide bonds. The third-order valence-electron chi connectivity index (χ3n) is 4.75. The smallest absolute Gasteiger partial charge is 0.315 e. The van der Waals surface area contributed by atoms with Crippen LogP contribution in [0.5, 0.6) is 17.2 Å². The molecule has 2 aromatic rings. The summed E-state index contributed by atoms with van der Waals surface area (Å²) < 4.78 is 35.4. The Hall–Kier alpha value is -2.78. The Labute approximate surface area is 185 Å². The van der Waals surface area contributed by atoms with Crippen molar-refractivity contribution in [2.75, 3.05) is 18.7 Å². The number of hydrogen-bond acceptors (Lipinski definition) is 7. The number of carbonyl (C=O) groups is 2. The Balaban J connectivity index is 1.94. The predicted octanol–water partition coefficient (Wildman–Crippen LogP) is 3.93. The lowest BCUT2D eigenvalue weighted by atomic mass is 10.1. The second kappa shape index (κ2) is 8.76. The van der Waals surface area contributed by atoms with E-state index < -0.39 is 28.1 Å². The standard InChI is InChI=1S/C21H22ClNO7S/c1-11-8-13(23-17(25)10-18(26)29-2)9-14(22)20(11)30-16-7-6-15(24)19(12-4-5-12)21(16)31(3,27)28/h6-9,12,24H,4-5,10H2,1-3H3,(H,23,25). The highest BCUT2D eigenvalue weighted by Gasteiger charge is 2.34. The molecule has 1 aliphatic carbocycles. The van der Waals surface area contributed by atoms with Gasteiger partial charge in [-0.05, 0) is 55.5 Å². The van der Waals surface area contributed by atoms with Crippen LogP contribution in [0, 0.1) is 6.92 Å². The van der Waals surface area contributed by atoms with Gasteiger partial charge in [-0.15, -0.1) is 0 Å². The maximum Gasteiger partial charge on any atom is 0.315 e. The largest absolute Gasteiger partial charge is 0.508 e. The van der Waals surface area contributed by atoms with Gasteiger partial charge in [-0.25, -0.2) is 8.42 Å². The summed E-state index contributed by atoms with van der Waals surface area (Å²) in [5.41, 5.74) is 1.23.